The molecule has 0 fully saturated rings. The Morgan fingerprint density at radius 2 is 1.52 bits per heavy atom. The Hall–Kier alpha value is -4.45. The van der Waals surface area contributed by atoms with Crippen LogP contribution in [0.4, 0.5) is 11.4 Å². The third-order valence-corrected chi connectivity index (χ3v) is 6.19. The lowest BCUT2D eigenvalue weighted by molar-refractivity contribution is -0.384. The number of imidazole rings is 1. The van der Waals surface area contributed by atoms with Gasteiger partial charge in [-0.05, 0) is 47.5 Å². The number of nitro groups is 1. The summed E-state index contributed by atoms with van der Waals surface area (Å²) in [7, 11) is 0. The van der Waals surface area contributed by atoms with E-state index in [4.69, 9.17) is 4.98 Å². The molecular formula is C27H20N4O2. The maximum Gasteiger partial charge on any atom is 0.269 e. The molecule has 0 bridgehead atoms. The van der Waals surface area contributed by atoms with E-state index in [2.05, 4.69) is 39.8 Å². The van der Waals surface area contributed by atoms with Crippen LogP contribution in [-0.2, 0) is 6.54 Å². The number of benzene rings is 4. The van der Waals surface area contributed by atoms with Crippen molar-refractivity contribution >= 4 is 22.4 Å². The molecule has 0 aliphatic carbocycles. The van der Waals surface area contributed by atoms with Crippen molar-refractivity contribution in [3.05, 3.63) is 124 Å². The average Bonchev–Trinajstić information content (AvgIpc) is 3.25. The molecular weight excluding hydrogens is 412 g/mol. The molecule has 5 aromatic rings. The molecule has 1 aliphatic rings. The van der Waals surface area contributed by atoms with Crippen LogP contribution in [0.2, 0.25) is 0 Å². The van der Waals surface area contributed by atoms with Gasteiger partial charge in [-0.3, -0.25) is 14.7 Å². The minimum absolute atomic E-state index is 0.0836. The molecule has 0 radical (unpaired) electrons. The monoisotopic (exact) mass is 432 g/mol. The number of non-ortho nitro benzene ring substituents is 1. The quantitative estimate of drug-likeness (QED) is 0.251. The van der Waals surface area contributed by atoms with Crippen molar-refractivity contribution in [2.75, 3.05) is 4.90 Å². The molecule has 1 unspecified atom stereocenters. The summed E-state index contributed by atoms with van der Waals surface area (Å²) in [5.41, 5.74) is 6.36. The SMILES string of the molecule is O=[N+]([O-])c1ccc(C2N(Cc3ccccc3)c3ccccc3-c3nc4ccccc4n32)cc1. The number of para-hydroxylation sites is 3. The Bertz CT molecular complexity index is 1480. The van der Waals surface area contributed by atoms with Gasteiger partial charge in [-0.1, -0.05) is 54.6 Å². The van der Waals surface area contributed by atoms with Crippen LogP contribution in [0.1, 0.15) is 17.3 Å². The maximum absolute atomic E-state index is 11.3. The van der Waals surface area contributed by atoms with Crippen LogP contribution in [-0.4, -0.2) is 14.5 Å². The Kier molecular flexibility index (Phi) is 4.43. The molecule has 1 aliphatic heterocycles. The summed E-state index contributed by atoms with van der Waals surface area (Å²) >= 11 is 0. The first kappa shape index (κ1) is 19.3. The minimum Gasteiger partial charge on any atom is -0.342 e. The van der Waals surface area contributed by atoms with Gasteiger partial charge in [0.05, 0.1) is 16.0 Å². The number of nitro benzene ring substituents is 1. The predicted molar refractivity (Wildman–Crippen MR) is 129 cm³/mol. The van der Waals surface area contributed by atoms with Crippen LogP contribution in [0.5, 0.6) is 0 Å². The van der Waals surface area contributed by atoms with Crippen LogP contribution in [0.3, 0.4) is 0 Å². The molecule has 1 aromatic heterocycles. The van der Waals surface area contributed by atoms with Gasteiger partial charge in [0.2, 0.25) is 0 Å². The Labute approximate surface area is 190 Å². The molecule has 33 heavy (non-hydrogen) atoms. The van der Waals surface area contributed by atoms with E-state index in [0.717, 1.165) is 33.7 Å². The molecule has 0 N–H and O–H groups in total. The summed E-state index contributed by atoms with van der Waals surface area (Å²) in [6, 6.07) is 33.7. The topological polar surface area (TPSA) is 64.2 Å². The summed E-state index contributed by atoms with van der Waals surface area (Å²) in [5.74, 6) is 0.902. The lowest BCUT2D eigenvalue weighted by Gasteiger charge is -2.40. The third-order valence-electron chi connectivity index (χ3n) is 6.19. The standard InChI is InChI=1S/C27H20N4O2/c32-31(33)21-16-14-20(15-17-21)27-29(18-19-8-2-1-3-9-19)24-12-6-4-10-22(24)26-28-23-11-5-7-13-25(23)30(26)27/h1-17,27H,18H2. The fraction of sp³-hybridized carbons (Fsp3) is 0.0741. The van der Waals surface area contributed by atoms with Gasteiger partial charge in [0, 0.05) is 29.9 Å². The number of fused-ring (bicyclic) bond motifs is 5. The first-order valence-electron chi connectivity index (χ1n) is 10.8. The Balaban J connectivity index is 1.61. The van der Waals surface area contributed by atoms with Crippen LogP contribution in [0, 0.1) is 10.1 Å². The Morgan fingerprint density at radius 1 is 0.818 bits per heavy atom. The number of hydrogen-bond acceptors (Lipinski definition) is 4. The predicted octanol–water partition coefficient (Wildman–Crippen LogP) is 6.18. The largest absolute Gasteiger partial charge is 0.342 e. The van der Waals surface area contributed by atoms with Crippen molar-refractivity contribution in [3.8, 4) is 11.4 Å². The van der Waals surface area contributed by atoms with Crippen LogP contribution in [0.15, 0.2) is 103 Å². The van der Waals surface area contributed by atoms with E-state index in [1.54, 1.807) is 12.1 Å². The van der Waals surface area contributed by atoms with E-state index in [1.165, 1.54) is 5.56 Å². The highest BCUT2D eigenvalue weighted by Crippen LogP contribution is 2.45. The molecule has 0 spiro atoms. The molecule has 6 rings (SSSR count). The summed E-state index contributed by atoms with van der Waals surface area (Å²) < 4.78 is 2.25. The summed E-state index contributed by atoms with van der Waals surface area (Å²) in [6.45, 7) is 0.686. The number of anilines is 1. The number of nitrogens with zero attached hydrogens (tertiary/aromatic N) is 4. The van der Waals surface area contributed by atoms with Gasteiger partial charge < -0.3 is 4.90 Å². The molecule has 4 aromatic carbocycles. The number of aromatic nitrogens is 2. The lowest BCUT2D eigenvalue weighted by atomic mass is 10.0. The van der Waals surface area contributed by atoms with Crippen molar-refractivity contribution in [2.24, 2.45) is 0 Å². The molecule has 1 atom stereocenters. The van der Waals surface area contributed by atoms with Gasteiger partial charge in [0.1, 0.15) is 12.0 Å². The van der Waals surface area contributed by atoms with Gasteiger partial charge in [-0.25, -0.2) is 4.98 Å². The Morgan fingerprint density at radius 3 is 2.30 bits per heavy atom. The zero-order valence-electron chi connectivity index (χ0n) is 17.7. The molecule has 0 saturated heterocycles. The highest BCUT2D eigenvalue weighted by molar-refractivity contribution is 5.87. The van der Waals surface area contributed by atoms with Gasteiger partial charge in [-0.2, -0.15) is 0 Å². The molecule has 6 nitrogen and oxygen atoms in total. The normalized spacial score (nSPS) is 14.7. The molecule has 6 heteroatoms. The van der Waals surface area contributed by atoms with Crippen LogP contribution >= 0.6 is 0 Å². The van der Waals surface area contributed by atoms with Crippen molar-refractivity contribution in [2.45, 2.75) is 12.7 Å². The smallest absolute Gasteiger partial charge is 0.269 e. The second kappa shape index (κ2) is 7.60. The third kappa shape index (κ3) is 3.15. The molecule has 0 amide bonds. The van der Waals surface area contributed by atoms with Crippen molar-refractivity contribution in [1.29, 1.82) is 0 Å². The zero-order valence-corrected chi connectivity index (χ0v) is 17.7. The van der Waals surface area contributed by atoms with E-state index < -0.39 is 0 Å². The van der Waals surface area contributed by atoms with E-state index in [1.807, 2.05) is 60.7 Å². The molecule has 0 saturated carbocycles. The molecule has 160 valence electrons. The first-order valence-corrected chi connectivity index (χ1v) is 10.8. The number of hydrogen-bond donors (Lipinski definition) is 0. The highest BCUT2D eigenvalue weighted by atomic mass is 16.6. The summed E-state index contributed by atoms with van der Waals surface area (Å²) in [4.78, 5) is 18.2. The first-order chi connectivity index (χ1) is 16.2. The summed E-state index contributed by atoms with van der Waals surface area (Å²) in [5, 5.41) is 11.3. The van der Waals surface area contributed by atoms with Gasteiger partial charge in [-0.15, -0.1) is 0 Å². The van der Waals surface area contributed by atoms with Crippen molar-refractivity contribution in [1.82, 2.24) is 9.55 Å². The number of rotatable bonds is 4. The van der Waals surface area contributed by atoms with E-state index in [-0.39, 0.29) is 16.8 Å². The molecule has 2 heterocycles. The van der Waals surface area contributed by atoms with Crippen LogP contribution < -0.4 is 4.90 Å². The zero-order chi connectivity index (χ0) is 22.4. The van der Waals surface area contributed by atoms with Crippen molar-refractivity contribution in [3.63, 3.8) is 0 Å². The second-order valence-corrected chi connectivity index (χ2v) is 8.15. The highest BCUT2D eigenvalue weighted by Gasteiger charge is 2.34. The fourth-order valence-corrected chi connectivity index (χ4v) is 4.72. The van der Waals surface area contributed by atoms with E-state index >= 15 is 0 Å². The van der Waals surface area contributed by atoms with Crippen LogP contribution in [0.25, 0.3) is 22.4 Å². The lowest BCUT2D eigenvalue weighted by Crippen LogP contribution is -2.36. The van der Waals surface area contributed by atoms with E-state index in [9.17, 15) is 10.1 Å². The van der Waals surface area contributed by atoms with Gasteiger partial charge in [0.25, 0.3) is 5.69 Å². The maximum atomic E-state index is 11.3. The van der Waals surface area contributed by atoms with Crippen molar-refractivity contribution < 1.29 is 4.92 Å². The van der Waals surface area contributed by atoms with Gasteiger partial charge in [0.15, 0.2) is 0 Å². The minimum atomic E-state index is -0.361. The van der Waals surface area contributed by atoms with Gasteiger partial charge >= 0.3 is 0 Å². The average molecular weight is 432 g/mol. The summed E-state index contributed by atoms with van der Waals surface area (Å²) in [6.07, 6.45) is -0.205. The second-order valence-electron chi connectivity index (χ2n) is 8.15. The fourth-order valence-electron chi connectivity index (χ4n) is 4.72. The van der Waals surface area contributed by atoms with E-state index in [0.29, 0.717) is 6.54 Å².